The minimum atomic E-state index is -0.476. The van der Waals surface area contributed by atoms with Gasteiger partial charge in [0.05, 0.1) is 112 Å². The summed E-state index contributed by atoms with van der Waals surface area (Å²) in [6.07, 6.45) is 18.1. The molecule has 32 heteroatoms. The van der Waals surface area contributed by atoms with E-state index in [9.17, 15) is 9.59 Å². The first-order valence-corrected chi connectivity index (χ1v) is 47.8. The second kappa shape index (κ2) is 36.7. The number of nitrogens with one attached hydrogen (secondary N) is 3. The van der Waals surface area contributed by atoms with Crippen LogP contribution in [0.1, 0.15) is 179 Å². The topological polar surface area (TPSA) is 252 Å². The zero-order valence-corrected chi connectivity index (χ0v) is 80.2. The predicted molar refractivity (Wildman–Crippen MR) is 502 cm³/mol. The maximum Gasteiger partial charge on any atom is 0.494 e. The molecule has 27 rings (SSSR count). The number of imidazole rings is 2. The number of pyridine rings is 2. The third-order valence-corrected chi connectivity index (χ3v) is 29.8. The van der Waals surface area contributed by atoms with Gasteiger partial charge in [-0.2, -0.15) is 0 Å². The van der Waals surface area contributed by atoms with Crippen LogP contribution in [0.3, 0.4) is 0 Å². The number of morpholine rings is 4. The van der Waals surface area contributed by atoms with Gasteiger partial charge in [0.2, 0.25) is 23.6 Å². The summed E-state index contributed by atoms with van der Waals surface area (Å²) >= 11 is 9.06. The van der Waals surface area contributed by atoms with Crippen LogP contribution in [0.15, 0.2) is 131 Å². The Kier molecular flexibility index (Phi) is 26.5. The Balaban J connectivity index is 0.000000108. The molecule has 8 bridgehead atoms. The molecule has 17 aliphatic heterocycles. The number of hydrogen-bond acceptors (Lipinski definition) is 22. The summed E-state index contributed by atoms with van der Waals surface area (Å²) in [6, 6.07) is 39.0. The van der Waals surface area contributed by atoms with E-state index in [4.69, 9.17) is 66.3 Å². The van der Waals surface area contributed by atoms with Gasteiger partial charge in [0, 0.05) is 169 Å². The van der Waals surface area contributed by atoms with Crippen molar-refractivity contribution in [2.45, 2.75) is 275 Å². The van der Waals surface area contributed by atoms with Crippen LogP contribution >= 0.6 is 54.5 Å². The number of aryl methyl sites for hydroxylation is 1. The number of anilines is 3. The van der Waals surface area contributed by atoms with Crippen molar-refractivity contribution in [3.8, 4) is 23.0 Å². The molecule has 2 saturated carbocycles. The fourth-order valence-electron chi connectivity index (χ4n) is 17.9. The van der Waals surface area contributed by atoms with E-state index >= 15 is 0 Å². The number of hydrogen-bond donors (Lipinski definition) is 3. The van der Waals surface area contributed by atoms with Crippen molar-refractivity contribution < 1.29 is 65.9 Å². The molecule has 0 radical (unpaired) electrons. The molecule has 125 heavy (non-hydrogen) atoms. The van der Waals surface area contributed by atoms with Gasteiger partial charge < -0.3 is 96.1 Å². The number of ether oxygens (including phenoxy) is 6. The number of aromatic nitrogens is 6. The summed E-state index contributed by atoms with van der Waals surface area (Å²) in [7, 11) is -1.23. The molecule has 4 aromatic heterocycles. The number of nitrogens with zero attached hydrogens (tertiary/aromatic N) is 9. The highest BCUT2D eigenvalue weighted by atomic mass is 127. The lowest BCUT2D eigenvalue weighted by Crippen LogP contribution is -2.57. The molecule has 668 valence electrons. The second-order valence-corrected chi connectivity index (χ2v) is 42.4. The van der Waals surface area contributed by atoms with Crippen molar-refractivity contribution in [2.75, 3.05) is 80.1 Å². The van der Waals surface area contributed by atoms with E-state index in [1.165, 1.54) is 59.2 Å². The summed E-state index contributed by atoms with van der Waals surface area (Å²) < 4.78 is 79.0. The van der Waals surface area contributed by atoms with Crippen LogP contribution in [0.2, 0.25) is 0 Å². The number of benzene rings is 4. The first-order chi connectivity index (χ1) is 59.5. The molecule has 4 aromatic carbocycles. The number of amides is 2. The van der Waals surface area contributed by atoms with E-state index in [0.717, 1.165) is 119 Å². The molecule has 8 aromatic rings. The first kappa shape index (κ1) is 90.4. The molecular formula is C93H122B3Br2IN12O14. The van der Waals surface area contributed by atoms with Crippen molar-refractivity contribution in [3.05, 3.63) is 140 Å². The molecule has 2 aliphatic carbocycles. The normalized spacial score (nSPS) is 28.2. The number of carbonyl (C=O) groups excluding carboxylic acids is 2. The van der Waals surface area contributed by atoms with Crippen molar-refractivity contribution in [1.29, 1.82) is 0 Å². The summed E-state index contributed by atoms with van der Waals surface area (Å²) in [6.45, 7) is 40.1. The fraction of sp³-hybridized carbons (Fsp3) is 0.591. The number of rotatable bonds is 14. The molecule has 26 nitrogen and oxygen atoms in total. The summed E-state index contributed by atoms with van der Waals surface area (Å²) in [4.78, 5) is 49.1. The third kappa shape index (κ3) is 20.8. The average molecular weight is 1950 g/mol. The standard InChI is InChI=1S/C26H29N5O3.C17H24BNO3.C16H20N4O2.C12H24B2O4.C11H12BrNO.C6H4BrI.C5H9NO/c1-15(17-8-24(32)27-11-17)33-26-25-23(28-14-31(25)19-6-7-19)10-22(29-26)16-2-4-18(5-3-16)30-12-20-9-21(13-30)34-20;1-16(2)17(3,4)22-18(21-16)12-5-7-13(8-6-12)19-10-14-9-15(11-19)20-14;1-9-5-13-15(20(8-18-13)12-3-4-12)16(19-9)22-10(2)11-6-14(21)17-7-11;1-9(2)10(3,4)16-13(15-9)14-17-11(5,6)12(7,8)18-14;12-8-1-3-9(4-2-8)13-6-10-5-11(7-13)14-10;7-5-1-3-6(8)4-2-5;1-4-2-6-3-5(1)7-4/h2-5,10,14-15,17,19-21H,6-9,11-13H2,1H3,(H,27,32);5-8,14-15H,9-11H2,1-4H3;5,8,10-12H,3-4,6-7H2,1-2H3,(H,17,21);1-8H3;1-4,10-11H,5-7H2;1-4H;4-6H,1-3H2/t15-,17-,20?,21?;;10-,11-;;;;/m1.1..../s1. The van der Waals surface area contributed by atoms with E-state index in [0.29, 0.717) is 98.6 Å². The van der Waals surface area contributed by atoms with Gasteiger partial charge in [-0.25, -0.2) is 19.9 Å². The summed E-state index contributed by atoms with van der Waals surface area (Å²) in [5.74, 6) is 1.79. The molecule has 12 atom stereocenters. The van der Waals surface area contributed by atoms with Crippen LogP contribution in [0, 0.1) is 22.3 Å². The smallest absolute Gasteiger partial charge is 0.473 e. The highest BCUT2D eigenvalue weighted by Crippen LogP contribution is 2.47. The lowest BCUT2D eigenvalue weighted by Gasteiger charge is -2.48. The Morgan fingerprint density at radius 1 is 0.456 bits per heavy atom. The Hall–Kier alpha value is -6.50. The van der Waals surface area contributed by atoms with Crippen LogP contribution in [-0.4, -0.2) is 222 Å². The van der Waals surface area contributed by atoms with E-state index in [1.54, 1.807) is 0 Å². The van der Waals surface area contributed by atoms with Gasteiger partial charge in [-0.05, 0) is 243 Å². The molecule has 19 fully saturated rings. The monoisotopic (exact) mass is 1950 g/mol. The van der Waals surface area contributed by atoms with Crippen LogP contribution in [0.5, 0.6) is 11.8 Å². The third-order valence-electron chi connectivity index (χ3n) is 28.0. The van der Waals surface area contributed by atoms with Gasteiger partial charge in [-0.1, -0.05) is 56.1 Å². The van der Waals surface area contributed by atoms with Gasteiger partial charge in [0.15, 0.2) is 0 Å². The van der Waals surface area contributed by atoms with Crippen molar-refractivity contribution >= 4 is 132 Å². The summed E-state index contributed by atoms with van der Waals surface area (Å²) in [5, 5.41) is 9.04. The number of fused-ring (bicyclic) bond motifs is 10. The Morgan fingerprint density at radius 3 is 1.14 bits per heavy atom. The van der Waals surface area contributed by atoms with E-state index < -0.39 is 14.0 Å². The molecule has 2 amide bonds. The van der Waals surface area contributed by atoms with Crippen molar-refractivity contribution in [3.63, 3.8) is 0 Å². The van der Waals surface area contributed by atoms with Gasteiger partial charge in [0.25, 0.3) is 0 Å². The molecule has 0 spiro atoms. The SMILES string of the molecule is Brc1ccc(I)cc1.Brc1ccc(N2CC3CC(C2)O3)cc1.C1NCC2CC1O2.CC1(C)OB(B2OC(C)(C)C(C)(C)O2)OC1(C)C.CC1(C)OB(c2ccc(N3CC4CC(C3)O4)cc2)OC1(C)C.C[C@@H](Oc1nc(-c2ccc(N3CC4CC(C3)O4)cc2)cc2ncn(C3CC3)c12)[C@H]1CNC(=O)C1.Cc1cc2ncn(C3CC3)c2c(O[C@H](C)[C@H]2CNC(=O)C2)n1. The van der Waals surface area contributed by atoms with Gasteiger partial charge in [0.1, 0.15) is 23.2 Å². The number of carbonyl (C=O) groups is 2. The summed E-state index contributed by atoms with van der Waals surface area (Å²) in [5.41, 5.74) is 9.43. The molecule has 17 saturated heterocycles. The molecule has 8 unspecified atom stereocenters. The van der Waals surface area contributed by atoms with Crippen LogP contribution in [0.4, 0.5) is 17.1 Å². The molecule has 19 aliphatic rings. The van der Waals surface area contributed by atoms with Crippen LogP contribution in [0.25, 0.3) is 33.3 Å². The lowest BCUT2D eigenvalue weighted by atomic mass is 9.49. The van der Waals surface area contributed by atoms with Crippen LogP contribution in [-0.2, 0) is 56.5 Å². The van der Waals surface area contributed by atoms with Crippen molar-refractivity contribution in [2.24, 2.45) is 11.8 Å². The predicted octanol–water partition coefficient (Wildman–Crippen LogP) is 14.7. The average Bonchev–Trinajstić information content (AvgIpc) is 1.52. The Labute approximate surface area is 767 Å². The fourth-order valence-corrected chi connectivity index (χ4v) is 18.8. The van der Waals surface area contributed by atoms with Crippen molar-refractivity contribution in [1.82, 2.24) is 45.0 Å². The Bertz CT molecular complexity index is 4960. The van der Waals surface area contributed by atoms with Gasteiger partial charge >= 0.3 is 21.1 Å². The number of halogens is 3. The maximum atomic E-state index is 11.7. The molecule has 3 N–H and O–H groups in total. The van der Waals surface area contributed by atoms with E-state index in [-0.39, 0.29) is 76.6 Å². The minimum absolute atomic E-state index is 0.0565. The zero-order valence-electron chi connectivity index (χ0n) is 74.9. The van der Waals surface area contributed by atoms with Gasteiger partial charge in [-0.15, -0.1) is 0 Å². The minimum Gasteiger partial charge on any atom is -0.473 e. The first-order valence-electron chi connectivity index (χ1n) is 45.1. The number of piperidine rings is 4. The molecular weight excluding hydrogens is 1830 g/mol. The van der Waals surface area contributed by atoms with E-state index in [1.807, 2.05) is 107 Å². The highest BCUT2D eigenvalue weighted by Gasteiger charge is 2.64. The zero-order chi connectivity index (χ0) is 87.8. The highest BCUT2D eigenvalue weighted by molar-refractivity contribution is 14.1. The Morgan fingerprint density at radius 2 is 0.800 bits per heavy atom. The molecule has 21 heterocycles. The lowest BCUT2D eigenvalue weighted by molar-refractivity contribution is -0.143. The van der Waals surface area contributed by atoms with Gasteiger partial charge in [-0.3, -0.25) is 9.59 Å². The van der Waals surface area contributed by atoms with Crippen LogP contribution < -0.4 is 45.6 Å². The largest absolute Gasteiger partial charge is 0.494 e. The maximum absolute atomic E-state index is 11.7. The quantitative estimate of drug-likeness (QED) is 0.0676. The van der Waals surface area contributed by atoms with E-state index in [2.05, 4.69) is 223 Å². The second-order valence-electron chi connectivity index (χ2n) is 39.3.